The van der Waals surface area contributed by atoms with Gasteiger partial charge in [-0.1, -0.05) is 33.6 Å². The van der Waals surface area contributed by atoms with Crippen LogP contribution in [-0.4, -0.2) is 29.4 Å². The first kappa shape index (κ1) is 19.4. The summed E-state index contributed by atoms with van der Waals surface area (Å²) in [4.78, 5) is 43.2. The van der Waals surface area contributed by atoms with Crippen LogP contribution in [0.4, 0.5) is 11.4 Å². The highest BCUT2D eigenvalue weighted by Crippen LogP contribution is 2.43. The van der Waals surface area contributed by atoms with Crippen molar-refractivity contribution in [1.29, 1.82) is 0 Å². The zero-order chi connectivity index (χ0) is 20.7. The number of carbonyl (C=O) groups excluding carboxylic acids is 3. The molecule has 0 fully saturated rings. The number of aryl methyl sites for hydroxylation is 1. The van der Waals surface area contributed by atoms with Crippen molar-refractivity contribution in [3.63, 3.8) is 0 Å². The number of amides is 3. The minimum atomic E-state index is -0.548. The first-order valence-electron chi connectivity index (χ1n) is 8.62. The lowest BCUT2D eigenvalue weighted by molar-refractivity contribution is -0.118. The molecule has 2 aromatic rings. The number of amidine groups is 1. The second-order valence-electron chi connectivity index (χ2n) is 6.53. The van der Waals surface area contributed by atoms with Crippen molar-refractivity contribution in [2.75, 3.05) is 16.8 Å². The van der Waals surface area contributed by atoms with Crippen LogP contribution in [0.25, 0.3) is 5.57 Å². The number of benzene rings is 2. The number of nitrogens with zero attached hydrogens (tertiary/aromatic N) is 2. The molecule has 0 radical (unpaired) electrons. The van der Waals surface area contributed by atoms with Crippen molar-refractivity contribution in [1.82, 2.24) is 0 Å². The number of nitrogens with two attached hydrogens (primary N) is 1. The van der Waals surface area contributed by atoms with Gasteiger partial charge >= 0.3 is 0 Å². The fraction of sp³-hybridized carbons (Fsp3) is 0.100. The molecule has 0 unspecified atom stereocenters. The summed E-state index contributed by atoms with van der Waals surface area (Å²) in [6.45, 7) is 1.77. The monoisotopic (exact) mass is 470 g/mol. The van der Waals surface area contributed by atoms with E-state index in [-0.39, 0.29) is 28.1 Å². The van der Waals surface area contributed by atoms with Crippen molar-refractivity contribution < 1.29 is 14.4 Å². The van der Waals surface area contributed by atoms with Crippen LogP contribution in [0.3, 0.4) is 0 Å². The van der Waals surface area contributed by atoms with E-state index in [1.54, 1.807) is 30.3 Å². The van der Waals surface area contributed by atoms with Crippen LogP contribution >= 0.6 is 27.7 Å². The molecule has 9 heteroatoms. The third-order valence-electron chi connectivity index (χ3n) is 4.45. The molecule has 0 spiro atoms. The van der Waals surface area contributed by atoms with E-state index in [0.717, 1.165) is 21.8 Å². The standard InChI is InChI=1S/C20H15BrN4O3S/c1-10-2-5-12(6-3-10)23-15(26)9-25-14-7-4-11(21)8-13(14)16(19(25)28)17-18(27)24-20(22)29-17/h2-8H,9H2,1H3,(H,23,26)(H2,22,24,27)/b17-16+. The number of anilines is 2. The molecule has 2 aliphatic rings. The number of halogens is 1. The molecular weight excluding hydrogens is 456 g/mol. The van der Waals surface area contributed by atoms with Gasteiger partial charge in [-0.3, -0.25) is 19.3 Å². The molecule has 2 aliphatic heterocycles. The lowest BCUT2D eigenvalue weighted by Gasteiger charge is -2.17. The van der Waals surface area contributed by atoms with Gasteiger partial charge in [0.05, 0.1) is 16.2 Å². The zero-order valence-corrected chi connectivity index (χ0v) is 17.6. The number of rotatable bonds is 3. The van der Waals surface area contributed by atoms with Gasteiger partial charge in [-0.15, -0.1) is 0 Å². The Morgan fingerprint density at radius 1 is 1.21 bits per heavy atom. The maximum absolute atomic E-state index is 13.2. The minimum absolute atomic E-state index is 0.0948. The fourth-order valence-corrected chi connectivity index (χ4v) is 4.27. The summed E-state index contributed by atoms with van der Waals surface area (Å²) in [5.74, 6) is -1.32. The number of thioether (sulfide) groups is 1. The number of carbonyl (C=O) groups is 3. The first-order valence-corrected chi connectivity index (χ1v) is 10.2. The third-order valence-corrected chi connectivity index (χ3v) is 5.83. The van der Waals surface area contributed by atoms with Gasteiger partial charge in [0.1, 0.15) is 6.54 Å². The minimum Gasteiger partial charge on any atom is -0.378 e. The van der Waals surface area contributed by atoms with E-state index in [1.807, 2.05) is 19.1 Å². The fourth-order valence-electron chi connectivity index (χ4n) is 3.14. The molecule has 0 atom stereocenters. The summed E-state index contributed by atoms with van der Waals surface area (Å²) in [7, 11) is 0. The third kappa shape index (κ3) is 3.70. The molecule has 0 aromatic heterocycles. The summed E-state index contributed by atoms with van der Waals surface area (Å²) >= 11 is 4.36. The van der Waals surface area contributed by atoms with Gasteiger partial charge in [0.2, 0.25) is 5.91 Å². The van der Waals surface area contributed by atoms with Gasteiger partial charge in [0.25, 0.3) is 11.8 Å². The average Bonchev–Trinajstić information content (AvgIpc) is 3.12. The van der Waals surface area contributed by atoms with Crippen molar-refractivity contribution in [2.24, 2.45) is 10.7 Å². The predicted octanol–water partition coefficient (Wildman–Crippen LogP) is 3.04. The first-order chi connectivity index (χ1) is 13.8. The van der Waals surface area contributed by atoms with E-state index in [0.29, 0.717) is 16.9 Å². The molecule has 146 valence electrons. The largest absolute Gasteiger partial charge is 0.378 e. The Morgan fingerprint density at radius 3 is 2.59 bits per heavy atom. The van der Waals surface area contributed by atoms with E-state index in [1.165, 1.54) is 4.90 Å². The van der Waals surface area contributed by atoms with Gasteiger partial charge in [0, 0.05) is 15.7 Å². The van der Waals surface area contributed by atoms with Crippen LogP contribution in [0.15, 0.2) is 56.8 Å². The molecule has 4 rings (SSSR count). The summed E-state index contributed by atoms with van der Waals surface area (Å²) in [5.41, 5.74) is 8.70. The number of fused-ring (bicyclic) bond motifs is 1. The molecule has 2 aromatic carbocycles. The molecule has 0 aliphatic carbocycles. The Hall–Kier alpha value is -2.91. The Bertz CT molecular complexity index is 1130. The quantitative estimate of drug-likeness (QED) is 0.670. The van der Waals surface area contributed by atoms with Crippen LogP contribution in [0.1, 0.15) is 11.1 Å². The highest BCUT2D eigenvalue weighted by molar-refractivity contribution is 9.10. The highest BCUT2D eigenvalue weighted by Gasteiger charge is 2.39. The van der Waals surface area contributed by atoms with Gasteiger partial charge in [0.15, 0.2) is 5.17 Å². The Morgan fingerprint density at radius 2 is 1.93 bits per heavy atom. The summed E-state index contributed by atoms with van der Waals surface area (Å²) < 4.78 is 0.748. The number of aliphatic imine (C=N–C) groups is 1. The number of nitrogens with one attached hydrogen (secondary N) is 1. The molecule has 3 N–H and O–H groups in total. The van der Waals surface area contributed by atoms with Crippen molar-refractivity contribution in [2.45, 2.75) is 6.92 Å². The van der Waals surface area contributed by atoms with Crippen LogP contribution < -0.4 is 16.0 Å². The van der Waals surface area contributed by atoms with Crippen molar-refractivity contribution in [3.05, 3.63) is 63.0 Å². The molecule has 0 saturated heterocycles. The molecule has 0 bridgehead atoms. The van der Waals surface area contributed by atoms with E-state index in [9.17, 15) is 14.4 Å². The average molecular weight is 471 g/mol. The lowest BCUT2D eigenvalue weighted by Crippen LogP contribution is -2.35. The molecule has 29 heavy (non-hydrogen) atoms. The molecular formula is C20H15BrN4O3S. The molecule has 2 heterocycles. The summed E-state index contributed by atoms with van der Waals surface area (Å²) in [5, 5.41) is 2.88. The maximum Gasteiger partial charge on any atom is 0.287 e. The second-order valence-corrected chi connectivity index (χ2v) is 8.47. The zero-order valence-electron chi connectivity index (χ0n) is 15.2. The lowest BCUT2D eigenvalue weighted by atomic mass is 10.1. The number of hydrogen-bond acceptors (Lipinski definition) is 5. The molecule has 3 amide bonds. The van der Waals surface area contributed by atoms with Crippen LogP contribution in [-0.2, 0) is 14.4 Å². The predicted molar refractivity (Wildman–Crippen MR) is 117 cm³/mol. The van der Waals surface area contributed by atoms with Crippen LogP contribution in [0.5, 0.6) is 0 Å². The SMILES string of the molecule is Cc1ccc(NC(=O)CN2C(=O)/C(=C3/SC(N)=NC3=O)c3cc(Br)ccc32)cc1. The van der Waals surface area contributed by atoms with E-state index in [2.05, 4.69) is 26.2 Å². The number of hydrogen-bond donors (Lipinski definition) is 2. The van der Waals surface area contributed by atoms with Crippen molar-refractivity contribution >= 4 is 67.5 Å². The van der Waals surface area contributed by atoms with E-state index < -0.39 is 11.8 Å². The summed E-state index contributed by atoms with van der Waals surface area (Å²) in [6, 6.07) is 12.6. The highest BCUT2D eigenvalue weighted by atomic mass is 79.9. The Labute approximate surface area is 179 Å². The van der Waals surface area contributed by atoms with Crippen LogP contribution in [0, 0.1) is 6.92 Å². The normalized spacial score (nSPS) is 18.1. The molecule has 7 nitrogen and oxygen atoms in total. The van der Waals surface area contributed by atoms with E-state index in [4.69, 9.17) is 5.73 Å². The van der Waals surface area contributed by atoms with Gasteiger partial charge in [-0.2, -0.15) is 4.99 Å². The molecule has 0 saturated carbocycles. The van der Waals surface area contributed by atoms with Gasteiger partial charge in [-0.05, 0) is 49.0 Å². The maximum atomic E-state index is 13.2. The Kier molecular flexibility index (Phi) is 5.01. The van der Waals surface area contributed by atoms with E-state index >= 15 is 0 Å². The topological polar surface area (TPSA) is 105 Å². The Balaban J connectivity index is 1.66. The van der Waals surface area contributed by atoms with Gasteiger partial charge in [-0.25, -0.2) is 0 Å². The second kappa shape index (κ2) is 7.49. The van der Waals surface area contributed by atoms with Crippen molar-refractivity contribution in [3.8, 4) is 0 Å². The van der Waals surface area contributed by atoms with Crippen LogP contribution in [0.2, 0.25) is 0 Å². The summed E-state index contributed by atoms with van der Waals surface area (Å²) in [6.07, 6.45) is 0. The van der Waals surface area contributed by atoms with Gasteiger partial charge < -0.3 is 11.1 Å². The smallest absolute Gasteiger partial charge is 0.287 e.